The molecule has 0 aliphatic carbocycles. The molecule has 0 bridgehead atoms. The average Bonchev–Trinajstić information content (AvgIpc) is 3.17. The van der Waals surface area contributed by atoms with Crippen LogP contribution in [0.4, 0.5) is 0 Å². The number of rotatable bonds is 44. The molecule has 1 unspecified atom stereocenters. The highest BCUT2D eigenvalue weighted by molar-refractivity contribution is 5.20. The van der Waals surface area contributed by atoms with Crippen molar-refractivity contribution in [2.75, 3.05) is 145 Å². The summed E-state index contributed by atoms with van der Waals surface area (Å²) in [6.45, 7) is 16.8. The van der Waals surface area contributed by atoms with E-state index in [1.165, 1.54) is 38.5 Å². The molecule has 306 valence electrons. The van der Waals surface area contributed by atoms with Gasteiger partial charge in [0.1, 0.15) is 5.75 Å². The van der Waals surface area contributed by atoms with Crippen molar-refractivity contribution in [2.24, 2.45) is 0 Å². The lowest BCUT2D eigenvalue weighted by atomic mass is 10.1. The van der Waals surface area contributed by atoms with Crippen LogP contribution in [0.15, 0.2) is 30.3 Å². The second-order valence-electron chi connectivity index (χ2n) is 12.2. The third-order valence-electron chi connectivity index (χ3n) is 7.75. The molecular formula is C40H74O12. The molecule has 0 saturated heterocycles. The Labute approximate surface area is 315 Å². The normalized spacial score (nSPS) is 12.1. The molecule has 0 aliphatic heterocycles. The number of hydrogen-bond acceptors (Lipinski definition) is 12. The quantitative estimate of drug-likeness (QED) is 0.0713. The van der Waals surface area contributed by atoms with Crippen LogP contribution in [-0.4, -0.2) is 151 Å². The van der Waals surface area contributed by atoms with E-state index in [1.54, 1.807) is 0 Å². The zero-order valence-corrected chi connectivity index (χ0v) is 32.8. The van der Waals surface area contributed by atoms with Crippen LogP contribution in [0.25, 0.3) is 0 Å². The Hall–Kier alpha value is -1.42. The van der Waals surface area contributed by atoms with Gasteiger partial charge >= 0.3 is 0 Å². The highest BCUT2D eigenvalue weighted by Crippen LogP contribution is 2.11. The fourth-order valence-electron chi connectivity index (χ4n) is 4.58. The zero-order valence-electron chi connectivity index (χ0n) is 32.8. The van der Waals surface area contributed by atoms with E-state index < -0.39 is 0 Å². The SMILES string of the molecule is CCC(C)OCCOCCOCCOCCOCCOCCOCCOCCOCCOCCOCCCCCCCCCCOc1ccccc1. The van der Waals surface area contributed by atoms with E-state index in [1.807, 2.05) is 30.3 Å². The van der Waals surface area contributed by atoms with Gasteiger partial charge in [-0.2, -0.15) is 0 Å². The van der Waals surface area contributed by atoms with Crippen molar-refractivity contribution in [3.63, 3.8) is 0 Å². The van der Waals surface area contributed by atoms with Crippen LogP contribution in [0, 0.1) is 0 Å². The maximum Gasteiger partial charge on any atom is 0.119 e. The third-order valence-corrected chi connectivity index (χ3v) is 7.75. The molecule has 0 saturated carbocycles. The van der Waals surface area contributed by atoms with Crippen molar-refractivity contribution in [1.29, 1.82) is 0 Å². The first-order valence-electron chi connectivity index (χ1n) is 19.9. The molecular weight excluding hydrogens is 672 g/mol. The van der Waals surface area contributed by atoms with Crippen molar-refractivity contribution in [3.05, 3.63) is 30.3 Å². The number of ether oxygens (including phenoxy) is 12. The van der Waals surface area contributed by atoms with Gasteiger partial charge in [-0.3, -0.25) is 0 Å². The highest BCUT2D eigenvalue weighted by Gasteiger charge is 1.99. The van der Waals surface area contributed by atoms with Gasteiger partial charge in [-0.05, 0) is 38.3 Å². The van der Waals surface area contributed by atoms with E-state index in [0.717, 1.165) is 38.2 Å². The average molecular weight is 747 g/mol. The summed E-state index contributed by atoms with van der Waals surface area (Å²) >= 11 is 0. The van der Waals surface area contributed by atoms with Crippen LogP contribution in [0.5, 0.6) is 5.75 Å². The highest BCUT2D eigenvalue weighted by atomic mass is 16.6. The molecule has 1 atom stereocenters. The van der Waals surface area contributed by atoms with Gasteiger partial charge in [0.25, 0.3) is 0 Å². The fraction of sp³-hybridized carbons (Fsp3) is 0.850. The molecule has 1 rings (SSSR count). The van der Waals surface area contributed by atoms with Gasteiger partial charge in [0.05, 0.1) is 145 Å². The zero-order chi connectivity index (χ0) is 37.1. The number of unbranched alkanes of at least 4 members (excludes halogenated alkanes) is 7. The van der Waals surface area contributed by atoms with Gasteiger partial charge in [0, 0.05) is 6.61 Å². The van der Waals surface area contributed by atoms with Crippen molar-refractivity contribution in [2.45, 2.75) is 77.7 Å². The number of hydrogen-bond donors (Lipinski definition) is 0. The Morgan fingerprint density at radius 3 is 0.981 bits per heavy atom. The lowest BCUT2D eigenvalue weighted by Gasteiger charge is -2.11. The molecule has 0 aliphatic rings. The van der Waals surface area contributed by atoms with Crippen molar-refractivity contribution < 1.29 is 56.8 Å². The Bertz CT molecular complexity index is 791. The molecule has 0 amide bonds. The molecule has 0 heterocycles. The van der Waals surface area contributed by atoms with Gasteiger partial charge < -0.3 is 56.8 Å². The van der Waals surface area contributed by atoms with E-state index in [2.05, 4.69) is 13.8 Å². The predicted octanol–water partition coefficient (Wildman–Crippen LogP) is 6.17. The summed E-state index contributed by atoms with van der Waals surface area (Å²) in [7, 11) is 0. The molecule has 0 N–H and O–H groups in total. The monoisotopic (exact) mass is 747 g/mol. The summed E-state index contributed by atoms with van der Waals surface area (Å²) in [6.07, 6.45) is 11.2. The Morgan fingerprint density at radius 2 is 0.635 bits per heavy atom. The van der Waals surface area contributed by atoms with Gasteiger partial charge in [-0.25, -0.2) is 0 Å². The molecule has 0 spiro atoms. The van der Waals surface area contributed by atoms with E-state index in [4.69, 9.17) is 56.8 Å². The van der Waals surface area contributed by atoms with E-state index in [9.17, 15) is 0 Å². The van der Waals surface area contributed by atoms with Gasteiger partial charge in [-0.15, -0.1) is 0 Å². The van der Waals surface area contributed by atoms with Gasteiger partial charge in [-0.1, -0.05) is 63.6 Å². The molecule has 0 radical (unpaired) electrons. The summed E-state index contributed by atoms with van der Waals surface area (Å²) in [5.74, 6) is 0.966. The van der Waals surface area contributed by atoms with Crippen LogP contribution in [0.3, 0.4) is 0 Å². The molecule has 1 aromatic rings. The molecule has 0 fully saturated rings. The molecule has 1 aromatic carbocycles. The minimum absolute atomic E-state index is 0.283. The summed E-state index contributed by atoms with van der Waals surface area (Å²) in [5, 5.41) is 0. The Balaban J connectivity index is 1.60. The van der Waals surface area contributed by atoms with Gasteiger partial charge in [0.2, 0.25) is 0 Å². The maximum atomic E-state index is 5.74. The van der Waals surface area contributed by atoms with Crippen LogP contribution in [-0.2, 0) is 52.1 Å². The van der Waals surface area contributed by atoms with E-state index in [0.29, 0.717) is 132 Å². The Morgan fingerprint density at radius 1 is 0.346 bits per heavy atom. The molecule has 12 heteroatoms. The minimum atomic E-state index is 0.283. The first-order chi connectivity index (χ1) is 25.8. The first-order valence-corrected chi connectivity index (χ1v) is 19.9. The molecule has 0 aromatic heterocycles. The topological polar surface area (TPSA) is 111 Å². The summed E-state index contributed by atoms with van der Waals surface area (Å²) in [6, 6.07) is 10.0. The van der Waals surface area contributed by atoms with Crippen LogP contribution in [0.2, 0.25) is 0 Å². The summed E-state index contributed by atoms with van der Waals surface area (Å²) in [4.78, 5) is 0. The molecule has 12 nitrogen and oxygen atoms in total. The minimum Gasteiger partial charge on any atom is -0.494 e. The van der Waals surface area contributed by atoms with Crippen LogP contribution in [0.1, 0.15) is 71.6 Å². The Kier molecular flexibility index (Phi) is 39.6. The van der Waals surface area contributed by atoms with E-state index in [-0.39, 0.29) is 6.10 Å². The summed E-state index contributed by atoms with van der Waals surface area (Å²) < 4.78 is 66.5. The van der Waals surface area contributed by atoms with Crippen LogP contribution >= 0.6 is 0 Å². The largest absolute Gasteiger partial charge is 0.494 e. The lowest BCUT2D eigenvalue weighted by molar-refractivity contribution is -0.0293. The van der Waals surface area contributed by atoms with E-state index >= 15 is 0 Å². The predicted molar refractivity (Wildman–Crippen MR) is 203 cm³/mol. The van der Waals surface area contributed by atoms with Crippen molar-refractivity contribution >= 4 is 0 Å². The number of benzene rings is 1. The van der Waals surface area contributed by atoms with Crippen LogP contribution < -0.4 is 4.74 Å². The maximum absolute atomic E-state index is 5.74. The van der Waals surface area contributed by atoms with Gasteiger partial charge in [0.15, 0.2) is 0 Å². The second-order valence-corrected chi connectivity index (χ2v) is 12.2. The van der Waals surface area contributed by atoms with Crippen molar-refractivity contribution in [3.8, 4) is 5.75 Å². The fourth-order valence-corrected chi connectivity index (χ4v) is 4.58. The third kappa shape index (κ3) is 38.3. The second kappa shape index (κ2) is 42.3. The standard InChI is InChI=1S/C40H74O12/c1-3-39(2)51-38-37-50-36-35-49-34-33-48-32-31-47-30-29-46-28-27-45-26-25-44-24-23-43-22-21-42-20-19-41-17-13-8-6-4-5-7-9-14-18-52-40-15-11-10-12-16-40/h10-12,15-16,39H,3-9,13-14,17-38H2,1-2H3. The first kappa shape index (κ1) is 48.6. The van der Waals surface area contributed by atoms with Crippen molar-refractivity contribution in [1.82, 2.24) is 0 Å². The summed E-state index contributed by atoms with van der Waals surface area (Å²) in [5.41, 5.74) is 0. The smallest absolute Gasteiger partial charge is 0.119 e. The number of para-hydroxylation sites is 1. The lowest BCUT2D eigenvalue weighted by Crippen LogP contribution is -2.16. The molecule has 52 heavy (non-hydrogen) atoms.